The number of nitrogens with one attached hydrogen (secondary N) is 2. The zero-order valence-corrected chi connectivity index (χ0v) is 8.05. The van der Waals surface area contributed by atoms with Crippen molar-refractivity contribution in [2.24, 2.45) is 0 Å². The lowest BCUT2D eigenvalue weighted by Gasteiger charge is -2.15. The highest BCUT2D eigenvalue weighted by Crippen LogP contribution is 2.18. The normalized spacial score (nSPS) is 27.5. The Morgan fingerprint density at radius 2 is 2.31 bits per heavy atom. The highest BCUT2D eigenvalue weighted by atomic mass is 16.3. The van der Waals surface area contributed by atoms with Gasteiger partial charge in [-0.1, -0.05) is 0 Å². The molecule has 0 aromatic heterocycles. The summed E-state index contributed by atoms with van der Waals surface area (Å²) in [6, 6.07) is 0.114. The van der Waals surface area contributed by atoms with Crippen LogP contribution in [0.25, 0.3) is 0 Å². The number of amides is 1. The minimum absolute atomic E-state index is 0.00148. The molecule has 1 aliphatic rings. The maximum Gasteiger partial charge on any atom is 0.233 e. The van der Waals surface area contributed by atoms with Gasteiger partial charge in [0, 0.05) is 12.6 Å². The first-order valence-corrected chi connectivity index (χ1v) is 4.92. The van der Waals surface area contributed by atoms with Crippen molar-refractivity contribution < 1.29 is 9.90 Å². The summed E-state index contributed by atoms with van der Waals surface area (Å²) in [6.45, 7) is 2.87. The molecule has 2 atom stereocenters. The Bertz CT molecular complexity index is 173. The lowest BCUT2D eigenvalue weighted by molar-refractivity contribution is -0.120. The minimum Gasteiger partial charge on any atom is -0.392 e. The highest BCUT2D eigenvalue weighted by molar-refractivity contribution is 5.77. The summed E-state index contributed by atoms with van der Waals surface area (Å²) in [4.78, 5) is 11.1. The summed E-state index contributed by atoms with van der Waals surface area (Å²) in [5.74, 6) is 0.00148. The van der Waals surface area contributed by atoms with Gasteiger partial charge in [-0.3, -0.25) is 4.79 Å². The van der Waals surface area contributed by atoms with Gasteiger partial charge >= 0.3 is 0 Å². The van der Waals surface area contributed by atoms with E-state index in [0.29, 0.717) is 13.1 Å². The number of hydrogen-bond acceptors (Lipinski definition) is 3. The van der Waals surface area contributed by atoms with Gasteiger partial charge in [-0.25, -0.2) is 0 Å². The van der Waals surface area contributed by atoms with Crippen LogP contribution in [0.3, 0.4) is 0 Å². The van der Waals surface area contributed by atoms with Crippen LogP contribution in [0.4, 0.5) is 0 Å². The molecule has 3 N–H and O–H groups in total. The molecule has 0 heterocycles. The third-order valence-electron chi connectivity index (χ3n) is 2.38. The maximum absolute atomic E-state index is 11.1. The molecule has 0 bridgehead atoms. The van der Waals surface area contributed by atoms with Gasteiger partial charge < -0.3 is 15.7 Å². The van der Waals surface area contributed by atoms with Gasteiger partial charge in [0.15, 0.2) is 0 Å². The third-order valence-corrected chi connectivity index (χ3v) is 2.38. The average Bonchev–Trinajstić information content (AvgIpc) is 2.48. The molecule has 0 radical (unpaired) electrons. The Kier molecular flexibility index (Phi) is 4.18. The zero-order valence-electron chi connectivity index (χ0n) is 8.05. The third kappa shape index (κ3) is 3.32. The van der Waals surface area contributed by atoms with E-state index in [4.69, 9.17) is 0 Å². The SMILES string of the molecule is CCNC(=O)CN[C@@H]1CCC[C@H]1O. The quantitative estimate of drug-likeness (QED) is 0.561. The predicted octanol–water partition coefficient (Wildman–Crippen LogP) is -0.374. The number of likely N-dealkylation sites (N-methyl/N-ethyl adjacent to an activating group) is 1. The molecule has 1 aliphatic carbocycles. The second-order valence-electron chi connectivity index (χ2n) is 3.44. The molecule has 0 aromatic carbocycles. The number of rotatable bonds is 4. The highest BCUT2D eigenvalue weighted by Gasteiger charge is 2.24. The molecule has 0 saturated heterocycles. The summed E-state index contributed by atoms with van der Waals surface area (Å²) in [7, 11) is 0. The van der Waals surface area contributed by atoms with E-state index in [1.807, 2.05) is 6.92 Å². The standard InChI is InChI=1S/C9H18N2O2/c1-2-10-9(13)6-11-7-4-3-5-8(7)12/h7-8,11-12H,2-6H2,1H3,(H,10,13)/t7-,8-/m1/s1. The lowest BCUT2D eigenvalue weighted by atomic mass is 10.2. The topological polar surface area (TPSA) is 61.4 Å². The molecule has 0 aromatic rings. The molecule has 0 aliphatic heterocycles. The number of hydrogen-bond donors (Lipinski definition) is 3. The van der Waals surface area contributed by atoms with Crippen molar-refractivity contribution in [3.8, 4) is 0 Å². The van der Waals surface area contributed by atoms with E-state index in [1.165, 1.54) is 0 Å². The Morgan fingerprint density at radius 3 is 2.85 bits per heavy atom. The summed E-state index contributed by atoms with van der Waals surface area (Å²) in [5, 5.41) is 15.2. The van der Waals surface area contributed by atoms with E-state index < -0.39 is 0 Å². The fraction of sp³-hybridized carbons (Fsp3) is 0.889. The van der Waals surface area contributed by atoms with Crippen molar-refractivity contribution in [2.45, 2.75) is 38.3 Å². The molecule has 76 valence electrons. The molecule has 0 spiro atoms. The Morgan fingerprint density at radius 1 is 1.54 bits per heavy atom. The van der Waals surface area contributed by atoms with Crippen LogP contribution < -0.4 is 10.6 Å². The van der Waals surface area contributed by atoms with Gasteiger partial charge in [0.2, 0.25) is 5.91 Å². The summed E-state index contributed by atoms with van der Waals surface area (Å²) in [5.41, 5.74) is 0. The summed E-state index contributed by atoms with van der Waals surface area (Å²) in [6.07, 6.45) is 2.61. The van der Waals surface area contributed by atoms with Crippen LogP contribution in [0.1, 0.15) is 26.2 Å². The second-order valence-corrected chi connectivity index (χ2v) is 3.44. The maximum atomic E-state index is 11.1. The van der Waals surface area contributed by atoms with Gasteiger partial charge in [-0.05, 0) is 26.2 Å². The van der Waals surface area contributed by atoms with Crippen LogP contribution in [0.2, 0.25) is 0 Å². The second kappa shape index (κ2) is 5.19. The Balaban J connectivity index is 2.14. The molecule has 4 nitrogen and oxygen atoms in total. The molecule has 4 heteroatoms. The number of carbonyl (C=O) groups is 1. The number of carbonyl (C=O) groups excluding carboxylic acids is 1. The molecular weight excluding hydrogens is 168 g/mol. The van der Waals surface area contributed by atoms with Crippen LogP contribution in [0, 0.1) is 0 Å². The smallest absolute Gasteiger partial charge is 0.233 e. The molecule has 1 rings (SSSR count). The lowest BCUT2D eigenvalue weighted by Crippen LogP contribution is -2.42. The largest absolute Gasteiger partial charge is 0.392 e. The molecule has 1 fully saturated rings. The number of aliphatic hydroxyl groups excluding tert-OH is 1. The summed E-state index contributed by atoms with van der Waals surface area (Å²) >= 11 is 0. The molecule has 0 unspecified atom stereocenters. The van der Waals surface area contributed by atoms with Crippen LogP contribution in [0.5, 0.6) is 0 Å². The van der Waals surface area contributed by atoms with E-state index >= 15 is 0 Å². The van der Waals surface area contributed by atoms with E-state index in [-0.39, 0.29) is 18.1 Å². The van der Waals surface area contributed by atoms with Crippen molar-refractivity contribution in [3.05, 3.63) is 0 Å². The Labute approximate surface area is 78.7 Å². The van der Waals surface area contributed by atoms with Gasteiger partial charge in [-0.15, -0.1) is 0 Å². The molecule has 13 heavy (non-hydrogen) atoms. The molecular formula is C9H18N2O2. The minimum atomic E-state index is -0.269. The average molecular weight is 186 g/mol. The van der Waals surface area contributed by atoms with Crippen LogP contribution in [-0.2, 0) is 4.79 Å². The van der Waals surface area contributed by atoms with Gasteiger partial charge in [0.1, 0.15) is 0 Å². The first-order valence-electron chi connectivity index (χ1n) is 4.92. The van der Waals surface area contributed by atoms with Crippen LogP contribution >= 0.6 is 0 Å². The van der Waals surface area contributed by atoms with E-state index in [2.05, 4.69) is 10.6 Å². The van der Waals surface area contributed by atoms with Crippen molar-refractivity contribution in [2.75, 3.05) is 13.1 Å². The van der Waals surface area contributed by atoms with E-state index in [1.54, 1.807) is 0 Å². The molecule has 1 amide bonds. The Hall–Kier alpha value is -0.610. The zero-order chi connectivity index (χ0) is 9.68. The van der Waals surface area contributed by atoms with Gasteiger partial charge in [-0.2, -0.15) is 0 Å². The first kappa shape index (κ1) is 10.5. The number of aliphatic hydroxyl groups is 1. The molecule has 1 saturated carbocycles. The van der Waals surface area contributed by atoms with Crippen molar-refractivity contribution in [1.29, 1.82) is 0 Å². The first-order chi connectivity index (χ1) is 6.24. The van der Waals surface area contributed by atoms with Crippen molar-refractivity contribution in [3.63, 3.8) is 0 Å². The van der Waals surface area contributed by atoms with Gasteiger partial charge in [0.25, 0.3) is 0 Å². The van der Waals surface area contributed by atoms with E-state index in [0.717, 1.165) is 19.3 Å². The van der Waals surface area contributed by atoms with E-state index in [9.17, 15) is 9.90 Å². The monoisotopic (exact) mass is 186 g/mol. The summed E-state index contributed by atoms with van der Waals surface area (Å²) < 4.78 is 0. The van der Waals surface area contributed by atoms with Crippen LogP contribution in [-0.4, -0.2) is 36.2 Å². The fourth-order valence-electron chi connectivity index (χ4n) is 1.66. The van der Waals surface area contributed by atoms with Crippen molar-refractivity contribution >= 4 is 5.91 Å². The van der Waals surface area contributed by atoms with Gasteiger partial charge in [0.05, 0.1) is 12.6 Å². The van der Waals surface area contributed by atoms with Crippen LogP contribution in [0.15, 0.2) is 0 Å². The van der Waals surface area contributed by atoms with Crippen molar-refractivity contribution in [1.82, 2.24) is 10.6 Å². The fourth-order valence-corrected chi connectivity index (χ4v) is 1.66. The predicted molar refractivity (Wildman–Crippen MR) is 50.3 cm³/mol.